The molecule has 9 heteroatoms. The van der Waals surface area contributed by atoms with Crippen LogP contribution in [0.25, 0.3) is 22.2 Å². The summed E-state index contributed by atoms with van der Waals surface area (Å²) in [5, 5.41) is 3.17. The summed E-state index contributed by atoms with van der Waals surface area (Å²) in [5.74, 6) is -0.196. The third-order valence-corrected chi connectivity index (χ3v) is 8.82. The summed E-state index contributed by atoms with van der Waals surface area (Å²) < 4.78 is 31.9. The van der Waals surface area contributed by atoms with E-state index in [0.29, 0.717) is 28.7 Å². The molecule has 0 spiro atoms. The lowest BCUT2D eigenvalue weighted by Crippen LogP contribution is -2.36. The predicted molar refractivity (Wildman–Crippen MR) is 157 cm³/mol. The molecule has 40 heavy (non-hydrogen) atoms. The van der Waals surface area contributed by atoms with E-state index in [4.69, 9.17) is 9.97 Å². The van der Waals surface area contributed by atoms with E-state index < -0.39 is 10.0 Å². The fourth-order valence-electron chi connectivity index (χ4n) is 5.35. The van der Waals surface area contributed by atoms with Crippen molar-refractivity contribution >= 4 is 43.9 Å². The van der Waals surface area contributed by atoms with Crippen molar-refractivity contribution < 1.29 is 13.2 Å². The van der Waals surface area contributed by atoms with Crippen LogP contribution in [-0.2, 0) is 16.6 Å². The Bertz CT molecular complexity index is 1790. The van der Waals surface area contributed by atoms with Crippen LogP contribution in [0.3, 0.4) is 0 Å². The number of carbonyl (C=O) groups excluding carboxylic acids is 1. The fraction of sp³-hybridized carbons (Fsp3) is 0.258. The van der Waals surface area contributed by atoms with Gasteiger partial charge in [-0.3, -0.25) is 9.52 Å². The number of amides is 1. The normalized spacial score (nSPS) is 14.4. The summed E-state index contributed by atoms with van der Waals surface area (Å²) in [6.07, 6.45) is 5.05. The summed E-state index contributed by atoms with van der Waals surface area (Å²) in [6.45, 7) is 2.20. The number of hydrogen-bond acceptors (Lipinski definition) is 5. The van der Waals surface area contributed by atoms with E-state index in [1.54, 1.807) is 28.8 Å². The molecule has 8 nitrogen and oxygen atoms in total. The molecular weight excluding hydrogens is 522 g/mol. The van der Waals surface area contributed by atoms with Gasteiger partial charge < -0.3 is 9.88 Å². The van der Waals surface area contributed by atoms with Gasteiger partial charge in [0.05, 0.1) is 22.5 Å². The number of carbonyl (C=O) groups is 1. The van der Waals surface area contributed by atoms with E-state index >= 15 is 0 Å². The highest BCUT2D eigenvalue weighted by molar-refractivity contribution is 7.92. The first-order chi connectivity index (χ1) is 19.4. The molecule has 204 valence electrons. The Morgan fingerprint density at radius 2 is 1.52 bits per heavy atom. The Hall–Kier alpha value is -4.24. The maximum Gasteiger partial charge on any atom is 0.263 e. The highest BCUT2D eigenvalue weighted by Gasteiger charge is 2.30. The number of anilines is 1. The summed E-state index contributed by atoms with van der Waals surface area (Å²) in [5.41, 5.74) is 4.17. The molecule has 2 aromatic heterocycles. The summed E-state index contributed by atoms with van der Waals surface area (Å²) in [7, 11) is -4.04. The van der Waals surface area contributed by atoms with Crippen molar-refractivity contribution in [3.63, 3.8) is 0 Å². The van der Waals surface area contributed by atoms with Crippen molar-refractivity contribution in [1.82, 2.24) is 19.9 Å². The zero-order chi connectivity index (χ0) is 27.7. The van der Waals surface area contributed by atoms with Crippen molar-refractivity contribution in [3.8, 4) is 0 Å². The van der Waals surface area contributed by atoms with Gasteiger partial charge in [-0.25, -0.2) is 18.4 Å². The van der Waals surface area contributed by atoms with Crippen LogP contribution in [0.4, 0.5) is 5.82 Å². The van der Waals surface area contributed by atoms with Gasteiger partial charge in [0.1, 0.15) is 16.9 Å². The Labute approximate surface area is 233 Å². The molecule has 0 atom stereocenters. The van der Waals surface area contributed by atoms with Crippen LogP contribution in [-0.4, -0.2) is 34.9 Å². The fourth-order valence-corrected chi connectivity index (χ4v) is 6.43. The number of aryl methyl sites for hydroxylation is 1. The lowest BCUT2D eigenvalue weighted by Gasteiger charge is -2.23. The monoisotopic (exact) mass is 553 g/mol. The average molecular weight is 554 g/mol. The number of para-hydroxylation sites is 2. The third-order valence-electron chi connectivity index (χ3n) is 7.46. The molecule has 2 heterocycles. The minimum Gasteiger partial charge on any atom is -0.349 e. The SMILES string of the molecule is Cc1ccc(S(=O)(=O)Nc2c(C(=O)NC3CCCCC3)c3nc4ccccc4nc3n2Cc2ccccc2)cc1. The van der Waals surface area contributed by atoms with Crippen molar-refractivity contribution in [2.45, 2.75) is 56.5 Å². The number of hydrogen-bond donors (Lipinski definition) is 2. The standard InChI is InChI=1S/C31H31N5O3S/c1-21-16-18-24(19-17-21)40(38,39)35-29-27(31(37)32-23-12-6-3-7-13-23)28-30(34-26-15-9-8-14-25(26)33-28)36(29)20-22-10-4-2-5-11-22/h2,4-5,8-11,14-19,23,35H,3,6-7,12-13,20H2,1H3,(H,32,37). The molecule has 1 fully saturated rings. The van der Waals surface area contributed by atoms with Crippen LogP contribution >= 0.6 is 0 Å². The summed E-state index contributed by atoms with van der Waals surface area (Å²) >= 11 is 0. The Morgan fingerprint density at radius 3 is 2.23 bits per heavy atom. The highest BCUT2D eigenvalue weighted by Crippen LogP contribution is 2.33. The molecular formula is C31H31N5O3S. The Balaban J connectivity index is 1.57. The number of benzene rings is 3. The zero-order valence-corrected chi connectivity index (χ0v) is 23.1. The molecule has 0 unspecified atom stereocenters. The van der Waals surface area contributed by atoms with E-state index in [-0.39, 0.29) is 28.2 Å². The quantitative estimate of drug-likeness (QED) is 0.265. The zero-order valence-electron chi connectivity index (χ0n) is 22.3. The van der Waals surface area contributed by atoms with Crippen LogP contribution in [0.2, 0.25) is 0 Å². The lowest BCUT2D eigenvalue weighted by molar-refractivity contribution is 0.0930. The minimum absolute atomic E-state index is 0.0312. The minimum atomic E-state index is -4.04. The molecule has 5 aromatic rings. The van der Waals surface area contributed by atoms with E-state index in [1.807, 2.05) is 61.5 Å². The summed E-state index contributed by atoms with van der Waals surface area (Å²) in [4.78, 5) is 23.8. The number of sulfonamides is 1. The molecule has 1 amide bonds. The number of aromatic nitrogens is 3. The van der Waals surface area contributed by atoms with Gasteiger partial charge in [0.15, 0.2) is 5.65 Å². The van der Waals surface area contributed by atoms with Gasteiger partial charge in [0.2, 0.25) is 0 Å². The maximum atomic E-state index is 14.0. The van der Waals surface area contributed by atoms with Crippen LogP contribution < -0.4 is 10.0 Å². The van der Waals surface area contributed by atoms with Crippen LogP contribution in [0.5, 0.6) is 0 Å². The molecule has 3 aromatic carbocycles. The van der Waals surface area contributed by atoms with Crippen molar-refractivity contribution in [2.24, 2.45) is 0 Å². The predicted octanol–water partition coefficient (Wildman–Crippen LogP) is 5.80. The average Bonchev–Trinajstić information content (AvgIpc) is 3.24. The van der Waals surface area contributed by atoms with Gasteiger partial charge in [-0.2, -0.15) is 0 Å². The summed E-state index contributed by atoms with van der Waals surface area (Å²) in [6, 6.07) is 23.8. The lowest BCUT2D eigenvalue weighted by atomic mass is 9.95. The van der Waals surface area contributed by atoms with E-state index in [2.05, 4.69) is 10.0 Å². The van der Waals surface area contributed by atoms with Gasteiger partial charge in [-0.05, 0) is 49.6 Å². The maximum absolute atomic E-state index is 14.0. The first kappa shape index (κ1) is 26.0. The van der Waals surface area contributed by atoms with E-state index in [0.717, 1.165) is 43.2 Å². The molecule has 0 bridgehead atoms. The van der Waals surface area contributed by atoms with Gasteiger partial charge in [-0.1, -0.05) is 79.4 Å². The molecule has 1 aliphatic carbocycles. The smallest absolute Gasteiger partial charge is 0.263 e. The van der Waals surface area contributed by atoms with E-state index in [1.165, 1.54) is 0 Å². The first-order valence-electron chi connectivity index (χ1n) is 13.6. The molecule has 0 aliphatic heterocycles. The van der Waals surface area contributed by atoms with Crippen molar-refractivity contribution in [3.05, 3.63) is 95.6 Å². The van der Waals surface area contributed by atoms with Crippen molar-refractivity contribution in [2.75, 3.05) is 4.72 Å². The molecule has 2 N–H and O–H groups in total. The second-order valence-corrected chi connectivity index (χ2v) is 12.1. The molecule has 1 saturated carbocycles. The molecule has 0 radical (unpaired) electrons. The topological polar surface area (TPSA) is 106 Å². The molecule has 0 saturated heterocycles. The van der Waals surface area contributed by atoms with Gasteiger partial charge in [0, 0.05) is 6.04 Å². The number of fused-ring (bicyclic) bond motifs is 2. The number of rotatable bonds is 7. The third kappa shape index (κ3) is 5.16. The Kier molecular flexibility index (Phi) is 6.98. The number of nitrogens with one attached hydrogen (secondary N) is 2. The largest absolute Gasteiger partial charge is 0.349 e. The highest BCUT2D eigenvalue weighted by atomic mass is 32.2. The molecule has 1 aliphatic rings. The Morgan fingerprint density at radius 1 is 0.875 bits per heavy atom. The second-order valence-electron chi connectivity index (χ2n) is 10.4. The van der Waals surface area contributed by atoms with Crippen LogP contribution in [0.15, 0.2) is 83.8 Å². The van der Waals surface area contributed by atoms with Crippen molar-refractivity contribution in [1.29, 1.82) is 0 Å². The molecule has 6 rings (SSSR count). The van der Waals surface area contributed by atoms with E-state index in [9.17, 15) is 13.2 Å². The first-order valence-corrected chi connectivity index (χ1v) is 15.1. The van der Waals surface area contributed by atoms with Gasteiger partial charge >= 0.3 is 0 Å². The number of nitrogens with zero attached hydrogens (tertiary/aromatic N) is 3. The van der Waals surface area contributed by atoms with Crippen LogP contribution in [0.1, 0.15) is 53.6 Å². The van der Waals surface area contributed by atoms with Gasteiger partial charge in [0.25, 0.3) is 15.9 Å². The second kappa shape index (κ2) is 10.7. The van der Waals surface area contributed by atoms with Gasteiger partial charge in [-0.15, -0.1) is 0 Å². The van der Waals surface area contributed by atoms with Crippen LogP contribution in [0, 0.1) is 6.92 Å².